The van der Waals surface area contributed by atoms with Gasteiger partial charge < -0.3 is 0 Å². The Balaban J connectivity index is 3.95. The highest BCUT2D eigenvalue weighted by atomic mass is 32.2. The van der Waals surface area contributed by atoms with Gasteiger partial charge in [-0.25, -0.2) is 17.9 Å². The number of halogens is 1. The molecular formula is C3H6FNO2S. The highest BCUT2D eigenvalue weighted by Crippen LogP contribution is 1.92. The molecule has 0 saturated heterocycles. The minimum Gasteiger partial charge on any atom is -0.228 e. The molecule has 0 fully saturated rings. The second-order valence-electron chi connectivity index (χ2n) is 1.32. The Hall–Kier alpha value is -0.420. The van der Waals surface area contributed by atoms with Gasteiger partial charge >= 0.3 is 0 Å². The van der Waals surface area contributed by atoms with Gasteiger partial charge in [0, 0.05) is 0 Å². The largest absolute Gasteiger partial charge is 0.228 e. The Morgan fingerprint density at radius 2 is 2.12 bits per heavy atom. The van der Waals surface area contributed by atoms with Crippen molar-refractivity contribution in [3.05, 3.63) is 12.4 Å². The molecule has 0 unspecified atom stereocenters. The summed E-state index contributed by atoms with van der Waals surface area (Å²) in [6, 6.07) is 0. The molecule has 0 rings (SSSR count). The van der Waals surface area contributed by atoms with Crippen molar-refractivity contribution in [2.45, 2.75) is 0 Å². The summed E-state index contributed by atoms with van der Waals surface area (Å²) in [6.07, 6.45) is 0. The van der Waals surface area contributed by atoms with Gasteiger partial charge in [0.05, 0.1) is 0 Å². The Labute approximate surface area is 47.0 Å². The first kappa shape index (κ1) is 7.58. The van der Waals surface area contributed by atoms with Gasteiger partial charge in [0.2, 0.25) is 10.0 Å². The lowest BCUT2D eigenvalue weighted by Gasteiger charge is -1.88. The lowest BCUT2D eigenvalue weighted by Crippen LogP contribution is -2.16. The predicted molar refractivity (Wildman–Crippen MR) is 28.2 cm³/mol. The van der Waals surface area contributed by atoms with E-state index in [1.807, 2.05) is 0 Å². The summed E-state index contributed by atoms with van der Waals surface area (Å²) in [7, 11) is -3.70. The Morgan fingerprint density at radius 3 is 2.12 bits per heavy atom. The van der Waals surface area contributed by atoms with Gasteiger partial charge in [0.15, 0.2) is 0 Å². The number of hydrogen-bond acceptors (Lipinski definition) is 2. The number of primary sulfonamides is 1. The summed E-state index contributed by atoms with van der Waals surface area (Å²) >= 11 is 0. The maximum absolute atomic E-state index is 11.5. The van der Waals surface area contributed by atoms with Crippen LogP contribution in [0.2, 0.25) is 0 Å². The molecule has 0 radical (unpaired) electrons. The smallest absolute Gasteiger partial charge is 0.215 e. The number of sulfonamides is 1. The Kier molecular flexibility index (Phi) is 2.12. The van der Waals surface area contributed by atoms with Crippen LogP contribution in [-0.2, 0) is 10.0 Å². The fourth-order valence-electron chi connectivity index (χ4n) is 0.218. The van der Waals surface area contributed by atoms with Gasteiger partial charge in [-0.2, -0.15) is 0 Å². The van der Waals surface area contributed by atoms with Crippen LogP contribution in [0.15, 0.2) is 12.4 Å². The van der Waals surface area contributed by atoms with E-state index in [-0.39, 0.29) is 0 Å². The zero-order valence-corrected chi connectivity index (χ0v) is 4.91. The van der Waals surface area contributed by atoms with E-state index in [0.717, 1.165) is 0 Å². The zero-order chi connectivity index (χ0) is 6.78. The van der Waals surface area contributed by atoms with Crippen LogP contribution >= 0.6 is 0 Å². The Morgan fingerprint density at radius 1 is 1.75 bits per heavy atom. The SMILES string of the molecule is C=C(F)CS(N)(=O)=O. The molecule has 0 aliphatic carbocycles. The Bertz CT molecular complexity index is 183. The lowest BCUT2D eigenvalue weighted by molar-refractivity contribution is 0.586. The van der Waals surface area contributed by atoms with Crippen LogP contribution in [0.25, 0.3) is 0 Å². The average Bonchev–Trinajstić information content (AvgIpc) is 1.21. The van der Waals surface area contributed by atoms with Gasteiger partial charge in [-0.3, -0.25) is 0 Å². The van der Waals surface area contributed by atoms with Crippen molar-refractivity contribution in [2.24, 2.45) is 5.14 Å². The highest BCUT2D eigenvalue weighted by Gasteiger charge is 2.03. The van der Waals surface area contributed by atoms with E-state index < -0.39 is 21.6 Å². The summed E-state index contributed by atoms with van der Waals surface area (Å²) in [4.78, 5) is 0. The fourth-order valence-corrected chi connectivity index (χ4v) is 0.655. The predicted octanol–water partition coefficient (Wildman–Crippen LogP) is -0.242. The van der Waals surface area contributed by atoms with Crippen LogP contribution in [0.4, 0.5) is 4.39 Å². The monoisotopic (exact) mass is 139 g/mol. The molecule has 0 bridgehead atoms. The molecule has 5 heteroatoms. The van der Waals surface area contributed by atoms with E-state index >= 15 is 0 Å². The topological polar surface area (TPSA) is 60.2 Å². The molecule has 8 heavy (non-hydrogen) atoms. The minimum absolute atomic E-state index is 0.785. The number of rotatable bonds is 2. The third kappa shape index (κ3) is 5.58. The van der Waals surface area contributed by atoms with Crippen LogP contribution in [0.3, 0.4) is 0 Å². The molecular weight excluding hydrogens is 133 g/mol. The molecule has 0 aromatic carbocycles. The molecule has 3 nitrogen and oxygen atoms in total. The average molecular weight is 139 g/mol. The van der Waals surface area contributed by atoms with Gasteiger partial charge in [-0.15, -0.1) is 0 Å². The molecule has 0 heterocycles. The van der Waals surface area contributed by atoms with Gasteiger partial charge in [0.1, 0.15) is 11.6 Å². The van der Waals surface area contributed by atoms with E-state index in [1.165, 1.54) is 0 Å². The molecule has 0 amide bonds. The van der Waals surface area contributed by atoms with E-state index in [2.05, 4.69) is 11.7 Å². The van der Waals surface area contributed by atoms with Crippen LogP contribution in [-0.4, -0.2) is 14.2 Å². The molecule has 0 aliphatic rings. The third-order valence-corrected chi connectivity index (χ3v) is 1.07. The molecule has 48 valence electrons. The lowest BCUT2D eigenvalue weighted by atomic mass is 10.7. The van der Waals surface area contributed by atoms with E-state index in [1.54, 1.807) is 0 Å². The van der Waals surface area contributed by atoms with Crippen LogP contribution in [0, 0.1) is 0 Å². The quantitative estimate of drug-likeness (QED) is 0.573. The molecule has 0 aromatic rings. The van der Waals surface area contributed by atoms with E-state index in [0.29, 0.717) is 0 Å². The fraction of sp³-hybridized carbons (Fsp3) is 0.333. The van der Waals surface area contributed by atoms with Crippen molar-refractivity contribution in [3.63, 3.8) is 0 Å². The molecule has 0 aromatic heterocycles. The summed E-state index contributed by atoms with van der Waals surface area (Å²) in [5.74, 6) is -1.72. The van der Waals surface area contributed by atoms with Crippen molar-refractivity contribution < 1.29 is 12.8 Å². The van der Waals surface area contributed by atoms with Crippen molar-refractivity contribution in [3.8, 4) is 0 Å². The standard InChI is InChI=1S/C3H6FNO2S/c1-3(4)2-8(5,6)7/h1-2H2,(H2,5,6,7). The molecule has 0 saturated carbocycles. The van der Waals surface area contributed by atoms with Gasteiger partial charge in [-0.05, 0) is 0 Å². The second-order valence-corrected chi connectivity index (χ2v) is 2.94. The first-order valence-electron chi connectivity index (χ1n) is 1.75. The van der Waals surface area contributed by atoms with Crippen molar-refractivity contribution in [1.29, 1.82) is 0 Å². The van der Waals surface area contributed by atoms with E-state index in [9.17, 15) is 12.8 Å². The molecule has 0 aliphatic heterocycles. The maximum atomic E-state index is 11.5. The summed E-state index contributed by atoms with van der Waals surface area (Å²) < 4.78 is 31.4. The minimum atomic E-state index is -3.70. The van der Waals surface area contributed by atoms with Crippen LogP contribution in [0.5, 0.6) is 0 Å². The normalized spacial score (nSPS) is 11.2. The van der Waals surface area contributed by atoms with Gasteiger partial charge in [0.25, 0.3) is 0 Å². The summed E-state index contributed by atoms with van der Waals surface area (Å²) in [6.45, 7) is 2.71. The summed E-state index contributed by atoms with van der Waals surface area (Å²) in [5.41, 5.74) is 0. The maximum Gasteiger partial charge on any atom is 0.215 e. The number of nitrogens with two attached hydrogens (primary N) is 1. The molecule has 2 N–H and O–H groups in total. The van der Waals surface area contributed by atoms with Crippen molar-refractivity contribution in [2.75, 3.05) is 5.75 Å². The zero-order valence-electron chi connectivity index (χ0n) is 4.09. The molecule has 0 atom stereocenters. The second kappa shape index (κ2) is 2.23. The van der Waals surface area contributed by atoms with Crippen molar-refractivity contribution in [1.82, 2.24) is 0 Å². The third-order valence-electron chi connectivity index (χ3n) is 0.358. The number of hydrogen-bond donors (Lipinski definition) is 1. The summed E-state index contributed by atoms with van der Waals surface area (Å²) in [5, 5.41) is 4.41. The van der Waals surface area contributed by atoms with Crippen LogP contribution in [0.1, 0.15) is 0 Å². The van der Waals surface area contributed by atoms with Crippen LogP contribution < -0.4 is 5.14 Å². The van der Waals surface area contributed by atoms with Gasteiger partial charge in [-0.1, -0.05) is 6.58 Å². The first-order valence-corrected chi connectivity index (χ1v) is 3.47. The molecule has 0 spiro atoms. The first-order chi connectivity index (χ1) is 3.42. The van der Waals surface area contributed by atoms with Crippen molar-refractivity contribution >= 4 is 10.0 Å². The highest BCUT2D eigenvalue weighted by molar-refractivity contribution is 7.89. The van der Waals surface area contributed by atoms with E-state index in [4.69, 9.17) is 0 Å².